The van der Waals surface area contributed by atoms with Crippen LogP contribution in [0.25, 0.3) is 0 Å². The van der Waals surface area contributed by atoms with Gasteiger partial charge in [0.1, 0.15) is 6.42 Å². The number of ether oxygens (including phenoxy) is 4. The summed E-state index contributed by atoms with van der Waals surface area (Å²) in [6.07, 6.45) is -0.290. The van der Waals surface area contributed by atoms with Gasteiger partial charge < -0.3 is 18.9 Å². The molecule has 0 saturated carbocycles. The smallest absolute Gasteiger partial charge is 0.320 e. The molecule has 0 N–H and O–H groups in total. The Morgan fingerprint density at radius 2 is 1.12 bits per heavy atom. The van der Waals surface area contributed by atoms with Crippen LogP contribution in [0.1, 0.15) is 49.2 Å². The molecule has 0 spiro atoms. The molecule has 0 unspecified atom stereocenters. The summed E-state index contributed by atoms with van der Waals surface area (Å²) in [5, 5.41) is 0. The first-order chi connectivity index (χ1) is 14.0. The van der Waals surface area contributed by atoms with E-state index in [-0.39, 0.29) is 32.8 Å². The van der Waals surface area contributed by atoms with E-state index < -0.39 is 41.5 Å². The fraction of sp³-hybridized carbons (Fsp3) is 0.750. The summed E-state index contributed by atoms with van der Waals surface area (Å²) in [5.74, 6) is -5.07. The summed E-state index contributed by atoms with van der Waals surface area (Å²) in [7, 11) is 0. The van der Waals surface area contributed by atoms with E-state index in [2.05, 4.69) is 18.9 Å². The topological polar surface area (TPSA) is 105 Å². The minimum absolute atomic E-state index is 0.0187. The summed E-state index contributed by atoms with van der Waals surface area (Å²) in [5.41, 5.74) is 0. The van der Waals surface area contributed by atoms with Crippen LogP contribution in [0, 0.1) is 5.92 Å². The van der Waals surface area contributed by atoms with E-state index in [1.54, 1.807) is 13.8 Å². The first kappa shape index (κ1) is 17.0. The number of halogens is 1. The monoisotopic (exact) mass is 482 g/mol. The molecule has 0 heterocycles. The van der Waals surface area contributed by atoms with Gasteiger partial charge >= 0.3 is 23.9 Å². The predicted molar refractivity (Wildman–Crippen MR) is 100 cm³/mol. The lowest BCUT2D eigenvalue weighted by Gasteiger charge is -2.08. The summed E-state index contributed by atoms with van der Waals surface area (Å²) in [4.78, 5) is 41.9. The zero-order valence-electron chi connectivity index (χ0n) is 20.8. The van der Waals surface area contributed by atoms with E-state index in [0.717, 1.165) is 0 Å². The molecule has 0 aromatic carbocycles. The van der Waals surface area contributed by atoms with Crippen LogP contribution in [0.2, 0.25) is 0 Å². The van der Waals surface area contributed by atoms with Crippen LogP contribution >= 0.6 is 22.6 Å². The fourth-order valence-corrected chi connectivity index (χ4v) is 1.09. The van der Waals surface area contributed by atoms with Crippen LogP contribution in [0.4, 0.5) is 0 Å². The maximum Gasteiger partial charge on any atom is 0.320 e. The molecule has 0 aliphatic carbocycles. The number of carbonyl (C=O) groups excluding carboxylic acids is 4. The molecule has 0 bridgehead atoms. The lowest BCUT2D eigenvalue weighted by Crippen LogP contribution is -2.25. The lowest BCUT2D eigenvalue weighted by molar-refractivity contribution is -0.161. The van der Waals surface area contributed by atoms with Crippen molar-refractivity contribution in [3.05, 3.63) is 0 Å². The predicted octanol–water partition coefficient (Wildman–Crippen LogP) is 2.30. The number of rotatable bonds is 8. The number of esters is 4. The minimum atomic E-state index is -2.74. The van der Waals surface area contributed by atoms with Crippen molar-refractivity contribution in [2.24, 2.45) is 5.92 Å². The lowest BCUT2D eigenvalue weighted by atomic mass is 10.2. The van der Waals surface area contributed by atoms with E-state index in [1.165, 1.54) is 36.4 Å². The minimum Gasteiger partial charge on any atom is -0.466 e. The van der Waals surface area contributed by atoms with Gasteiger partial charge in [0.05, 0.1) is 26.4 Å². The fourth-order valence-electron chi connectivity index (χ4n) is 1.09. The third-order valence-corrected chi connectivity index (χ3v) is 1.94. The molecule has 0 radical (unpaired) electrons. The first-order valence-corrected chi connectivity index (χ1v) is 8.46. The Morgan fingerprint density at radius 1 is 0.800 bits per heavy atom. The van der Waals surface area contributed by atoms with Crippen molar-refractivity contribution in [3.8, 4) is 0 Å². The molecule has 0 saturated heterocycles. The number of carbonyl (C=O) groups is 4. The Bertz CT molecular complexity index is 511. The van der Waals surface area contributed by atoms with Crippen molar-refractivity contribution in [3.63, 3.8) is 0 Å². The molecule has 0 rings (SSSR count). The highest BCUT2D eigenvalue weighted by molar-refractivity contribution is 14.1. The largest absolute Gasteiger partial charge is 0.466 e. The quantitative estimate of drug-likeness (QED) is 0.171. The van der Waals surface area contributed by atoms with Crippen LogP contribution < -0.4 is 0 Å². The molecule has 0 aromatic rings. The standard InChI is InChI=1S/C8H14O4.C7H12O4.CH3I/c1-4-11-7(9)6(3)8(10)12-5-2;1-3-10-6(8)5-7(9)11-4-2;1-2/h6H,4-5H2,1-3H3;3-5H2,1-2H3;1H3/i3D3;;1D3. The third kappa shape index (κ3) is 18.8. The third-order valence-electron chi connectivity index (χ3n) is 1.94. The molecule has 0 aromatic heterocycles. The van der Waals surface area contributed by atoms with Crippen LogP contribution in [0.3, 0.4) is 0 Å². The summed E-state index contributed by atoms with van der Waals surface area (Å²) >= 11 is 1.38. The SMILES string of the molecule is CCOC(=O)CC(=O)OCC.[2H]C([2H])([2H])C(C(=O)OCC)C(=O)OCC.[2H]C([2H])([2H])I. The Hall–Kier alpha value is -1.39. The van der Waals surface area contributed by atoms with Gasteiger partial charge in [0.25, 0.3) is 0 Å². The molecule has 0 atom stereocenters. The van der Waals surface area contributed by atoms with Crippen LogP contribution in [-0.4, -0.2) is 55.2 Å². The molecule has 0 aliphatic heterocycles. The molecule has 8 nitrogen and oxygen atoms in total. The van der Waals surface area contributed by atoms with Crippen LogP contribution in [0.15, 0.2) is 0 Å². The molecular weight excluding hydrogens is 447 g/mol. The number of hydrogen-bond donors (Lipinski definition) is 0. The first-order valence-electron chi connectivity index (χ1n) is 10.4. The average molecular weight is 482 g/mol. The second-order valence-corrected chi connectivity index (χ2v) is 3.72. The average Bonchev–Trinajstić information content (AvgIpc) is 2.53. The van der Waals surface area contributed by atoms with Gasteiger partial charge in [-0.25, -0.2) is 0 Å². The zero-order valence-corrected chi connectivity index (χ0v) is 16.9. The zero-order chi connectivity index (χ0) is 25.3. The van der Waals surface area contributed by atoms with Crippen molar-refractivity contribution in [1.82, 2.24) is 0 Å². The molecule has 0 fully saturated rings. The molecule has 0 amide bonds. The van der Waals surface area contributed by atoms with Gasteiger partial charge in [-0.05, 0) is 39.4 Å². The van der Waals surface area contributed by atoms with Crippen molar-refractivity contribution in [1.29, 1.82) is 0 Å². The van der Waals surface area contributed by atoms with Crippen LogP contribution in [-0.2, 0) is 38.1 Å². The molecule has 25 heavy (non-hydrogen) atoms. The van der Waals surface area contributed by atoms with Gasteiger partial charge in [-0.15, -0.1) is 0 Å². The molecule has 9 heteroatoms. The maximum atomic E-state index is 11.2. The molecule has 148 valence electrons. The van der Waals surface area contributed by atoms with E-state index >= 15 is 0 Å². The second-order valence-electron chi connectivity index (χ2n) is 3.72. The van der Waals surface area contributed by atoms with Crippen molar-refractivity contribution in [2.75, 3.05) is 31.3 Å². The Labute approximate surface area is 171 Å². The van der Waals surface area contributed by atoms with Gasteiger partial charge in [-0.1, -0.05) is 22.6 Å². The summed E-state index contributed by atoms with van der Waals surface area (Å²) in [6, 6.07) is 0. The van der Waals surface area contributed by atoms with Crippen molar-refractivity contribution in [2.45, 2.75) is 41.0 Å². The second kappa shape index (κ2) is 20.7. The highest BCUT2D eigenvalue weighted by Gasteiger charge is 2.23. The van der Waals surface area contributed by atoms with Crippen LogP contribution in [0.5, 0.6) is 0 Å². The van der Waals surface area contributed by atoms with E-state index in [1.807, 2.05) is 0 Å². The van der Waals surface area contributed by atoms with Gasteiger partial charge in [0, 0.05) is 8.22 Å². The van der Waals surface area contributed by atoms with Gasteiger partial charge in [0.15, 0.2) is 5.92 Å². The molecular formula is C16H29IO8. The normalized spacial score (nSPS) is 13.4. The Balaban J connectivity index is -0.000000428. The Morgan fingerprint density at radius 3 is 1.36 bits per heavy atom. The van der Waals surface area contributed by atoms with Gasteiger partial charge in [-0.3, -0.25) is 19.2 Å². The summed E-state index contributed by atoms with van der Waals surface area (Å²) in [6.45, 7) is 4.30. The highest BCUT2D eigenvalue weighted by atomic mass is 127. The molecule has 0 aliphatic rings. The Kier molecular flexibility index (Phi) is 14.1. The highest BCUT2D eigenvalue weighted by Crippen LogP contribution is 2.01. The number of alkyl halides is 1. The van der Waals surface area contributed by atoms with Crippen molar-refractivity contribution < 1.29 is 46.4 Å². The summed E-state index contributed by atoms with van der Waals surface area (Å²) < 4.78 is 57.9. The van der Waals surface area contributed by atoms with E-state index in [0.29, 0.717) is 0 Å². The van der Waals surface area contributed by atoms with E-state index in [9.17, 15) is 19.2 Å². The maximum absolute atomic E-state index is 11.2. The van der Waals surface area contributed by atoms with Crippen molar-refractivity contribution >= 4 is 46.5 Å². The van der Waals surface area contributed by atoms with Gasteiger partial charge in [0.2, 0.25) is 0 Å². The van der Waals surface area contributed by atoms with E-state index in [4.69, 9.17) is 8.22 Å². The number of hydrogen-bond acceptors (Lipinski definition) is 8. The van der Waals surface area contributed by atoms with Gasteiger partial charge in [-0.2, -0.15) is 0 Å².